The molecule has 0 bridgehead atoms. The zero-order valence-electron chi connectivity index (χ0n) is 8.30. The fourth-order valence-corrected chi connectivity index (χ4v) is 1.46. The molecule has 76 valence electrons. The SMILES string of the molecule is Cc1ccc(-c2ccccc2F)cc1F. The zero-order valence-corrected chi connectivity index (χ0v) is 8.30. The third-order valence-electron chi connectivity index (χ3n) is 2.36. The first-order valence-electron chi connectivity index (χ1n) is 4.69. The molecule has 0 amide bonds. The molecule has 0 nitrogen and oxygen atoms in total. The van der Waals surface area contributed by atoms with E-state index in [1.165, 1.54) is 12.1 Å². The van der Waals surface area contributed by atoms with Crippen molar-refractivity contribution in [2.75, 3.05) is 0 Å². The summed E-state index contributed by atoms with van der Waals surface area (Å²) in [6.45, 7) is 1.68. The molecule has 2 heteroatoms. The smallest absolute Gasteiger partial charge is 0.131 e. The maximum atomic E-state index is 13.4. The van der Waals surface area contributed by atoms with E-state index in [1.54, 1.807) is 37.3 Å². The van der Waals surface area contributed by atoms with Crippen LogP contribution in [0.15, 0.2) is 42.5 Å². The van der Waals surface area contributed by atoms with Gasteiger partial charge in [-0.1, -0.05) is 30.3 Å². The quantitative estimate of drug-likeness (QED) is 0.660. The zero-order chi connectivity index (χ0) is 10.8. The lowest BCUT2D eigenvalue weighted by atomic mass is 10.0. The van der Waals surface area contributed by atoms with Gasteiger partial charge in [0, 0.05) is 5.56 Å². The summed E-state index contributed by atoms with van der Waals surface area (Å²) in [5.74, 6) is -0.642. The Morgan fingerprint density at radius 3 is 2.27 bits per heavy atom. The molecule has 0 spiro atoms. The summed E-state index contributed by atoms with van der Waals surface area (Å²) in [5.41, 5.74) is 1.56. The molecule has 0 N–H and O–H groups in total. The molecule has 0 aliphatic carbocycles. The summed E-state index contributed by atoms with van der Waals surface area (Å²) < 4.78 is 26.7. The van der Waals surface area contributed by atoms with E-state index in [9.17, 15) is 8.78 Å². The molecule has 0 aliphatic rings. The standard InChI is InChI=1S/C13H10F2/c1-9-6-7-10(8-13(9)15)11-4-2-3-5-12(11)14/h2-8H,1H3. The molecular formula is C13H10F2. The van der Waals surface area contributed by atoms with E-state index in [-0.39, 0.29) is 11.6 Å². The predicted molar refractivity (Wildman–Crippen MR) is 56.5 cm³/mol. The fourth-order valence-electron chi connectivity index (χ4n) is 1.46. The lowest BCUT2D eigenvalue weighted by Gasteiger charge is -2.04. The van der Waals surface area contributed by atoms with Gasteiger partial charge in [-0.25, -0.2) is 8.78 Å². The van der Waals surface area contributed by atoms with Crippen molar-refractivity contribution in [2.45, 2.75) is 6.92 Å². The van der Waals surface area contributed by atoms with Crippen molar-refractivity contribution in [1.82, 2.24) is 0 Å². The molecule has 0 atom stereocenters. The van der Waals surface area contributed by atoms with Crippen LogP contribution in [-0.2, 0) is 0 Å². The minimum Gasteiger partial charge on any atom is -0.207 e. The Morgan fingerprint density at radius 2 is 1.60 bits per heavy atom. The molecular weight excluding hydrogens is 194 g/mol. The van der Waals surface area contributed by atoms with E-state index < -0.39 is 0 Å². The number of aryl methyl sites for hydroxylation is 1. The second kappa shape index (κ2) is 3.81. The molecule has 0 saturated carbocycles. The molecule has 0 fully saturated rings. The molecule has 0 unspecified atom stereocenters. The van der Waals surface area contributed by atoms with Crippen LogP contribution in [0.25, 0.3) is 11.1 Å². The largest absolute Gasteiger partial charge is 0.207 e. The van der Waals surface area contributed by atoms with E-state index in [0.717, 1.165) is 0 Å². The highest BCUT2D eigenvalue weighted by Crippen LogP contribution is 2.24. The third-order valence-corrected chi connectivity index (χ3v) is 2.36. The maximum Gasteiger partial charge on any atom is 0.131 e. The van der Waals surface area contributed by atoms with Crippen LogP contribution in [0.3, 0.4) is 0 Å². The van der Waals surface area contributed by atoms with Gasteiger partial charge in [0.1, 0.15) is 11.6 Å². The molecule has 0 radical (unpaired) electrons. The Morgan fingerprint density at radius 1 is 0.867 bits per heavy atom. The Kier molecular flexibility index (Phi) is 2.50. The van der Waals surface area contributed by atoms with Crippen LogP contribution in [0.1, 0.15) is 5.56 Å². The predicted octanol–water partition coefficient (Wildman–Crippen LogP) is 3.94. The van der Waals surface area contributed by atoms with Gasteiger partial charge in [0.15, 0.2) is 0 Å². The van der Waals surface area contributed by atoms with Crippen LogP contribution in [-0.4, -0.2) is 0 Å². The molecule has 2 aromatic rings. The fraction of sp³-hybridized carbons (Fsp3) is 0.0769. The summed E-state index contributed by atoms with van der Waals surface area (Å²) in [7, 11) is 0. The normalized spacial score (nSPS) is 10.3. The molecule has 0 aliphatic heterocycles. The first-order chi connectivity index (χ1) is 7.18. The van der Waals surface area contributed by atoms with Gasteiger partial charge >= 0.3 is 0 Å². The van der Waals surface area contributed by atoms with E-state index >= 15 is 0 Å². The Hall–Kier alpha value is -1.70. The number of rotatable bonds is 1. The monoisotopic (exact) mass is 204 g/mol. The number of hydrogen-bond donors (Lipinski definition) is 0. The van der Waals surface area contributed by atoms with Gasteiger partial charge in [-0.05, 0) is 30.2 Å². The van der Waals surface area contributed by atoms with Gasteiger partial charge in [0.05, 0.1) is 0 Å². The summed E-state index contributed by atoms with van der Waals surface area (Å²) in [5, 5.41) is 0. The highest BCUT2D eigenvalue weighted by Gasteiger charge is 2.05. The van der Waals surface area contributed by atoms with Gasteiger partial charge in [-0.15, -0.1) is 0 Å². The average Bonchev–Trinajstić information content (AvgIpc) is 2.23. The van der Waals surface area contributed by atoms with Crippen LogP contribution < -0.4 is 0 Å². The Balaban J connectivity index is 2.55. The van der Waals surface area contributed by atoms with Crippen LogP contribution in [0.5, 0.6) is 0 Å². The summed E-state index contributed by atoms with van der Waals surface area (Å²) in [6.07, 6.45) is 0. The van der Waals surface area contributed by atoms with Gasteiger partial charge in [0.25, 0.3) is 0 Å². The van der Waals surface area contributed by atoms with Gasteiger partial charge < -0.3 is 0 Å². The summed E-state index contributed by atoms with van der Waals surface area (Å²) in [4.78, 5) is 0. The minimum atomic E-state index is -0.333. The molecule has 2 aromatic carbocycles. The van der Waals surface area contributed by atoms with Crippen molar-refractivity contribution < 1.29 is 8.78 Å². The Bertz CT molecular complexity index is 490. The highest BCUT2D eigenvalue weighted by atomic mass is 19.1. The second-order valence-corrected chi connectivity index (χ2v) is 3.44. The van der Waals surface area contributed by atoms with Crippen molar-refractivity contribution >= 4 is 0 Å². The number of benzene rings is 2. The Labute approximate surface area is 87.2 Å². The molecule has 2 rings (SSSR count). The number of halogens is 2. The third kappa shape index (κ3) is 1.89. The van der Waals surface area contributed by atoms with Gasteiger partial charge in [0.2, 0.25) is 0 Å². The summed E-state index contributed by atoms with van der Waals surface area (Å²) in [6, 6.07) is 11.1. The lowest BCUT2D eigenvalue weighted by Crippen LogP contribution is -1.87. The van der Waals surface area contributed by atoms with Crippen LogP contribution in [0.2, 0.25) is 0 Å². The van der Waals surface area contributed by atoms with Crippen molar-refractivity contribution in [3.8, 4) is 11.1 Å². The van der Waals surface area contributed by atoms with Crippen LogP contribution >= 0.6 is 0 Å². The van der Waals surface area contributed by atoms with Crippen LogP contribution in [0.4, 0.5) is 8.78 Å². The van der Waals surface area contributed by atoms with Gasteiger partial charge in [-0.2, -0.15) is 0 Å². The van der Waals surface area contributed by atoms with Crippen LogP contribution in [0, 0.1) is 18.6 Å². The van der Waals surface area contributed by atoms with E-state index in [1.807, 2.05) is 0 Å². The van der Waals surface area contributed by atoms with E-state index in [4.69, 9.17) is 0 Å². The topological polar surface area (TPSA) is 0 Å². The van der Waals surface area contributed by atoms with Crippen molar-refractivity contribution in [3.05, 3.63) is 59.7 Å². The van der Waals surface area contributed by atoms with Crippen molar-refractivity contribution in [2.24, 2.45) is 0 Å². The average molecular weight is 204 g/mol. The first kappa shape index (κ1) is 9.84. The minimum absolute atomic E-state index is 0.309. The van der Waals surface area contributed by atoms with E-state index in [0.29, 0.717) is 16.7 Å². The number of hydrogen-bond acceptors (Lipinski definition) is 0. The van der Waals surface area contributed by atoms with Crippen molar-refractivity contribution in [1.29, 1.82) is 0 Å². The summed E-state index contributed by atoms with van der Waals surface area (Å²) >= 11 is 0. The molecule has 0 aromatic heterocycles. The second-order valence-electron chi connectivity index (χ2n) is 3.44. The first-order valence-corrected chi connectivity index (χ1v) is 4.69. The van der Waals surface area contributed by atoms with E-state index in [2.05, 4.69) is 0 Å². The molecule has 0 saturated heterocycles. The molecule has 0 heterocycles. The lowest BCUT2D eigenvalue weighted by molar-refractivity contribution is 0.617. The van der Waals surface area contributed by atoms with Gasteiger partial charge in [-0.3, -0.25) is 0 Å². The van der Waals surface area contributed by atoms with Crippen molar-refractivity contribution in [3.63, 3.8) is 0 Å². The molecule has 15 heavy (non-hydrogen) atoms. The highest BCUT2D eigenvalue weighted by molar-refractivity contribution is 5.64. The maximum absolute atomic E-state index is 13.4.